The average Bonchev–Trinajstić information content (AvgIpc) is 3.42. The zero-order chi connectivity index (χ0) is 23.1. The van der Waals surface area contributed by atoms with Crippen LogP contribution in [0.5, 0.6) is 0 Å². The molecule has 4 heterocycles. The largest absolute Gasteiger partial charge is 0.465 e. The summed E-state index contributed by atoms with van der Waals surface area (Å²) in [6.07, 6.45) is 2.26. The fourth-order valence-electron chi connectivity index (χ4n) is 5.09. The molecule has 2 atom stereocenters. The molecule has 1 aliphatic heterocycles. The normalized spacial score (nSPS) is 18.8. The number of fused-ring (bicyclic) bond motifs is 3. The molecule has 5 rings (SSSR count). The minimum absolute atomic E-state index is 0.0585. The van der Waals surface area contributed by atoms with Crippen LogP contribution in [0.4, 0.5) is 10.6 Å². The Bertz CT molecular complexity index is 1330. The minimum Gasteiger partial charge on any atom is -0.465 e. The first-order valence-electron chi connectivity index (χ1n) is 11.2. The molecule has 0 saturated carbocycles. The van der Waals surface area contributed by atoms with Crippen molar-refractivity contribution in [3.05, 3.63) is 42.2 Å². The number of benzene rings is 1. The summed E-state index contributed by atoms with van der Waals surface area (Å²) >= 11 is 0. The van der Waals surface area contributed by atoms with Crippen molar-refractivity contribution < 1.29 is 15.0 Å². The van der Waals surface area contributed by atoms with E-state index < -0.39 is 6.09 Å². The summed E-state index contributed by atoms with van der Waals surface area (Å²) in [7, 11) is 3.81. The lowest BCUT2D eigenvalue weighted by Crippen LogP contribution is -2.44. The molecule has 0 radical (unpaired) electrons. The van der Waals surface area contributed by atoms with Crippen LogP contribution < -0.4 is 5.32 Å². The van der Waals surface area contributed by atoms with Crippen LogP contribution in [0.1, 0.15) is 12.0 Å². The van der Waals surface area contributed by atoms with Crippen molar-refractivity contribution in [1.29, 1.82) is 0 Å². The standard InChI is InChI=1S/C24H28N6O3/c1-25-23-20-21(29(2)13-26-20)18-10-19(27-22(18)28-23)17-6-4-3-5-14(17)9-16-11-30(24(32)33)8-7-15(16)12-31/h3-6,10,13,15-16,31H,7-9,11-12H2,1-2H3,(H,32,33)(H2,25,27,28). The molecule has 9 nitrogen and oxygen atoms in total. The number of rotatable bonds is 5. The Morgan fingerprint density at radius 2 is 2.12 bits per heavy atom. The Morgan fingerprint density at radius 1 is 1.30 bits per heavy atom. The van der Waals surface area contributed by atoms with E-state index in [-0.39, 0.29) is 18.4 Å². The number of likely N-dealkylation sites (tertiary alicyclic amines) is 1. The van der Waals surface area contributed by atoms with Crippen LogP contribution in [0.15, 0.2) is 36.7 Å². The monoisotopic (exact) mass is 448 g/mol. The lowest BCUT2D eigenvalue weighted by atomic mass is 9.81. The number of hydrogen-bond acceptors (Lipinski definition) is 5. The van der Waals surface area contributed by atoms with Crippen LogP contribution >= 0.6 is 0 Å². The minimum atomic E-state index is -0.896. The van der Waals surface area contributed by atoms with Crippen LogP contribution in [-0.4, -0.2) is 67.5 Å². The molecule has 0 spiro atoms. The van der Waals surface area contributed by atoms with Crippen molar-refractivity contribution >= 4 is 34.0 Å². The number of H-pyrrole nitrogens is 1. The SMILES string of the molecule is CNc1nc2[nH]c(-c3ccccc3CC3CN(C(=O)O)CCC3CO)cc2c2c1ncn2C. The van der Waals surface area contributed by atoms with Crippen molar-refractivity contribution in [2.45, 2.75) is 12.8 Å². The first-order chi connectivity index (χ1) is 16.0. The lowest BCUT2D eigenvalue weighted by molar-refractivity contribution is 0.0699. The second-order valence-electron chi connectivity index (χ2n) is 8.79. The number of piperidine rings is 1. The van der Waals surface area contributed by atoms with Crippen molar-refractivity contribution in [2.75, 3.05) is 32.1 Å². The summed E-state index contributed by atoms with van der Waals surface area (Å²) in [4.78, 5) is 25.7. The predicted octanol–water partition coefficient (Wildman–Crippen LogP) is 3.31. The van der Waals surface area contributed by atoms with E-state index in [0.717, 1.165) is 44.7 Å². The number of nitrogens with one attached hydrogen (secondary N) is 2. The van der Waals surface area contributed by atoms with Crippen molar-refractivity contribution in [3.8, 4) is 11.3 Å². The fraction of sp³-hybridized carbons (Fsp3) is 0.375. The molecule has 4 aromatic rings. The van der Waals surface area contributed by atoms with Crippen molar-refractivity contribution in [2.24, 2.45) is 18.9 Å². The van der Waals surface area contributed by atoms with Crippen LogP contribution in [-0.2, 0) is 13.5 Å². The van der Waals surface area contributed by atoms with E-state index in [1.807, 2.05) is 30.8 Å². The summed E-state index contributed by atoms with van der Waals surface area (Å²) in [5, 5.41) is 23.5. The van der Waals surface area contributed by atoms with Gasteiger partial charge in [0.25, 0.3) is 0 Å². The van der Waals surface area contributed by atoms with Crippen molar-refractivity contribution in [1.82, 2.24) is 24.4 Å². The topological polar surface area (TPSA) is 119 Å². The van der Waals surface area contributed by atoms with Gasteiger partial charge in [0.1, 0.15) is 11.2 Å². The highest BCUT2D eigenvalue weighted by Gasteiger charge is 2.31. The van der Waals surface area contributed by atoms with Gasteiger partial charge in [-0.1, -0.05) is 24.3 Å². The number of pyridine rings is 1. The Kier molecular flexibility index (Phi) is 5.41. The van der Waals surface area contributed by atoms with Gasteiger partial charge in [-0.25, -0.2) is 14.8 Å². The average molecular weight is 449 g/mol. The van der Waals surface area contributed by atoms with E-state index in [0.29, 0.717) is 25.9 Å². The van der Waals surface area contributed by atoms with Gasteiger partial charge in [-0.3, -0.25) is 0 Å². The predicted molar refractivity (Wildman–Crippen MR) is 127 cm³/mol. The van der Waals surface area contributed by atoms with Gasteiger partial charge in [0.15, 0.2) is 5.82 Å². The Balaban J connectivity index is 1.56. The molecule has 0 aliphatic carbocycles. The molecule has 0 bridgehead atoms. The van der Waals surface area contributed by atoms with Gasteiger partial charge in [0, 0.05) is 50.4 Å². The lowest BCUT2D eigenvalue weighted by Gasteiger charge is -2.36. The summed E-state index contributed by atoms with van der Waals surface area (Å²) in [6, 6.07) is 10.3. The molecular formula is C24H28N6O3. The van der Waals surface area contributed by atoms with Crippen molar-refractivity contribution in [3.63, 3.8) is 0 Å². The molecule has 9 heteroatoms. The van der Waals surface area contributed by atoms with Crippen LogP contribution in [0, 0.1) is 11.8 Å². The van der Waals surface area contributed by atoms with Gasteiger partial charge in [-0.05, 0) is 36.3 Å². The number of imidazole rings is 1. The van der Waals surface area contributed by atoms with E-state index in [4.69, 9.17) is 4.98 Å². The summed E-state index contributed by atoms with van der Waals surface area (Å²) in [5.41, 5.74) is 5.75. The maximum atomic E-state index is 11.5. The number of aliphatic hydroxyl groups excluding tert-OH is 1. The molecule has 1 aromatic carbocycles. The molecule has 172 valence electrons. The van der Waals surface area contributed by atoms with Gasteiger partial charge in [-0.2, -0.15) is 0 Å². The van der Waals surface area contributed by atoms with E-state index in [1.54, 1.807) is 6.33 Å². The number of anilines is 1. The number of aromatic amines is 1. The summed E-state index contributed by atoms with van der Waals surface area (Å²) in [6.45, 7) is 0.979. The number of amides is 1. The molecule has 1 aliphatic rings. The van der Waals surface area contributed by atoms with Crippen LogP contribution in [0.3, 0.4) is 0 Å². The number of aryl methyl sites for hydroxylation is 1. The first kappa shape index (κ1) is 21.3. The van der Waals surface area contributed by atoms with Crippen LogP contribution in [0.2, 0.25) is 0 Å². The van der Waals surface area contributed by atoms with E-state index >= 15 is 0 Å². The second kappa shape index (κ2) is 8.40. The highest BCUT2D eigenvalue weighted by atomic mass is 16.4. The number of aliphatic hydroxyl groups is 1. The zero-order valence-corrected chi connectivity index (χ0v) is 18.7. The summed E-state index contributed by atoms with van der Waals surface area (Å²) < 4.78 is 2.00. The molecular weight excluding hydrogens is 420 g/mol. The Hall–Kier alpha value is -3.59. The van der Waals surface area contributed by atoms with E-state index in [2.05, 4.69) is 33.5 Å². The van der Waals surface area contributed by atoms with Gasteiger partial charge < -0.3 is 30.0 Å². The zero-order valence-electron chi connectivity index (χ0n) is 18.7. The number of carboxylic acid groups (broad SMARTS) is 1. The molecule has 1 fully saturated rings. The highest BCUT2D eigenvalue weighted by Crippen LogP contribution is 2.35. The van der Waals surface area contributed by atoms with Gasteiger partial charge in [-0.15, -0.1) is 0 Å². The summed E-state index contributed by atoms with van der Waals surface area (Å²) in [5.74, 6) is 0.870. The number of hydrogen-bond donors (Lipinski definition) is 4. The number of aromatic nitrogens is 4. The fourth-order valence-corrected chi connectivity index (χ4v) is 5.09. The maximum Gasteiger partial charge on any atom is 0.407 e. The van der Waals surface area contributed by atoms with Gasteiger partial charge in [0.2, 0.25) is 0 Å². The Morgan fingerprint density at radius 3 is 2.88 bits per heavy atom. The molecule has 2 unspecified atom stereocenters. The van der Waals surface area contributed by atoms with E-state index in [1.165, 1.54) is 4.90 Å². The molecule has 4 N–H and O–H groups in total. The Labute approximate surface area is 191 Å². The molecule has 1 saturated heterocycles. The first-order valence-corrected chi connectivity index (χ1v) is 11.2. The quantitative estimate of drug-likeness (QED) is 0.372. The molecule has 33 heavy (non-hydrogen) atoms. The second-order valence-corrected chi connectivity index (χ2v) is 8.79. The van der Waals surface area contributed by atoms with Gasteiger partial charge in [0.05, 0.1) is 11.8 Å². The third-order valence-corrected chi connectivity index (χ3v) is 6.86. The maximum absolute atomic E-state index is 11.5. The third-order valence-electron chi connectivity index (χ3n) is 6.86. The van der Waals surface area contributed by atoms with Gasteiger partial charge >= 0.3 is 6.09 Å². The van der Waals surface area contributed by atoms with E-state index in [9.17, 15) is 15.0 Å². The number of carbonyl (C=O) groups is 1. The smallest absolute Gasteiger partial charge is 0.407 e. The highest BCUT2D eigenvalue weighted by molar-refractivity contribution is 6.07. The number of nitrogens with zero attached hydrogens (tertiary/aromatic N) is 4. The molecule has 1 amide bonds. The van der Waals surface area contributed by atoms with Crippen LogP contribution in [0.25, 0.3) is 33.3 Å². The molecule has 3 aromatic heterocycles. The third kappa shape index (κ3) is 3.68.